The van der Waals surface area contributed by atoms with Gasteiger partial charge in [0.05, 0.1) is 12.2 Å². The van der Waals surface area contributed by atoms with Crippen LogP contribution in [0.5, 0.6) is 0 Å². The zero-order valence-electron chi connectivity index (χ0n) is 10.9. The summed E-state index contributed by atoms with van der Waals surface area (Å²) in [4.78, 5) is 6.65. The van der Waals surface area contributed by atoms with Gasteiger partial charge in [0.25, 0.3) is 5.89 Å². The summed E-state index contributed by atoms with van der Waals surface area (Å²) in [5.41, 5.74) is 6.83. The van der Waals surface area contributed by atoms with Gasteiger partial charge in [-0.25, -0.2) is 0 Å². The third-order valence-corrected chi connectivity index (χ3v) is 3.41. The summed E-state index contributed by atoms with van der Waals surface area (Å²) in [7, 11) is 0. The number of nitrogens with two attached hydrogens (primary N) is 1. The average Bonchev–Trinajstić information content (AvgIpc) is 3.08. The third kappa shape index (κ3) is 2.52. The standard InChI is InChI=1S/C12H17N5O2/c1-8-9(6-14-18-8)12-15-11(16-19-12)10(13)7-17-4-2-3-5-17/h6,10H,2-5,7,13H2,1H3. The SMILES string of the molecule is Cc1oncc1-c1nc(C(N)CN2CCCC2)no1. The highest BCUT2D eigenvalue weighted by Crippen LogP contribution is 2.22. The van der Waals surface area contributed by atoms with Gasteiger partial charge < -0.3 is 19.7 Å². The van der Waals surface area contributed by atoms with Crippen LogP contribution in [-0.2, 0) is 0 Å². The van der Waals surface area contributed by atoms with Crippen molar-refractivity contribution in [3.8, 4) is 11.5 Å². The molecule has 2 N–H and O–H groups in total. The molecule has 0 amide bonds. The topological polar surface area (TPSA) is 94.2 Å². The molecular formula is C12H17N5O2. The summed E-state index contributed by atoms with van der Waals surface area (Å²) >= 11 is 0. The van der Waals surface area contributed by atoms with Crippen LogP contribution in [0.3, 0.4) is 0 Å². The minimum absolute atomic E-state index is 0.226. The molecule has 0 aliphatic carbocycles. The largest absolute Gasteiger partial charge is 0.361 e. The normalized spacial score (nSPS) is 18.0. The highest BCUT2D eigenvalue weighted by Gasteiger charge is 2.21. The Balaban J connectivity index is 1.72. The van der Waals surface area contributed by atoms with Gasteiger partial charge in [0, 0.05) is 6.54 Å². The summed E-state index contributed by atoms with van der Waals surface area (Å²) in [5, 5.41) is 7.64. The van der Waals surface area contributed by atoms with Gasteiger partial charge in [-0.15, -0.1) is 0 Å². The number of aromatic nitrogens is 3. The Bertz CT molecular complexity index is 544. The molecule has 1 atom stereocenters. The second-order valence-corrected chi connectivity index (χ2v) is 4.87. The molecule has 102 valence electrons. The Morgan fingerprint density at radius 2 is 2.16 bits per heavy atom. The average molecular weight is 263 g/mol. The first kappa shape index (κ1) is 12.3. The van der Waals surface area contributed by atoms with E-state index in [4.69, 9.17) is 14.8 Å². The van der Waals surface area contributed by atoms with E-state index >= 15 is 0 Å². The van der Waals surface area contributed by atoms with Crippen molar-refractivity contribution in [2.24, 2.45) is 5.73 Å². The van der Waals surface area contributed by atoms with Crippen LogP contribution in [0.1, 0.15) is 30.5 Å². The van der Waals surface area contributed by atoms with Crippen molar-refractivity contribution in [2.75, 3.05) is 19.6 Å². The van der Waals surface area contributed by atoms with Crippen molar-refractivity contribution in [3.05, 3.63) is 17.8 Å². The molecule has 1 fully saturated rings. The van der Waals surface area contributed by atoms with Gasteiger partial charge in [-0.2, -0.15) is 4.98 Å². The molecule has 0 bridgehead atoms. The Morgan fingerprint density at radius 3 is 2.84 bits per heavy atom. The molecule has 0 radical (unpaired) electrons. The minimum atomic E-state index is -0.226. The van der Waals surface area contributed by atoms with Crippen LogP contribution < -0.4 is 5.73 Å². The van der Waals surface area contributed by atoms with Crippen LogP contribution in [0.15, 0.2) is 15.2 Å². The number of hydrogen-bond acceptors (Lipinski definition) is 7. The van der Waals surface area contributed by atoms with Crippen LogP contribution >= 0.6 is 0 Å². The fourth-order valence-corrected chi connectivity index (χ4v) is 2.32. The Hall–Kier alpha value is -1.73. The van der Waals surface area contributed by atoms with Gasteiger partial charge in [0.1, 0.15) is 11.3 Å². The second-order valence-electron chi connectivity index (χ2n) is 4.87. The maximum atomic E-state index is 6.11. The van der Waals surface area contributed by atoms with Gasteiger partial charge in [-0.1, -0.05) is 10.3 Å². The minimum Gasteiger partial charge on any atom is -0.361 e. The van der Waals surface area contributed by atoms with Gasteiger partial charge in [0.15, 0.2) is 5.82 Å². The van der Waals surface area contributed by atoms with E-state index in [-0.39, 0.29) is 6.04 Å². The van der Waals surface area contributed by atoms with E-state index < -0.39 is 0 Å². The quantitative estimate of drug-likeness (QED) is 0.883. The second kappa shape index (κ2) is 5.10. The van der Waals surface area contributed by atoms with Crippen LogP contribution in [0.25, 0.3) is 11.5 Å². The fraction of sp³-hybridized carbons (Fsp3) is 0.583. The summed E-state index contributed by atoms with van der Waals surface area (Å²) in [6.45, 7) is 4.77. The lowest BCUT2D eigenvalue weighted by Crippen LogP contribution is -2.30. The summed E-state index contributed by atoms with van der Waals surface area (Å²) < 4.78 is 10.2. The maximum Gasteiger partial charge on any atom is 0.263 e. The predicted molar refractivity (Wildman–Crippen MR) is 67.1 cm³/mol. The van der Waals surface area contributed by atoms with Gasteiger partial charge in [-0.3, -0.25) is 0 Å². The number of hydrogen-bond donors (Lipinski definition) is 1. The molecule has 2 aromatic rings. The monoisotopic (exact) mass is 263 g/mol. The van der Waals surface area contributed by atoms with E-state index in [0.717, 1.165) is 19.6 Å². The summed E-state index contributed by atoms with van der Waals surface area (Å²) in [6.07, 6.45) is 4.05. The van der Waals surface area contributed by atoms with Gasteiger partial charge >= 0.3 is 0 Å². The van der Waals surface area contributed by atoms with Crippen molar-refractivity contribution in [3.63, 3.8) is 0 Å². The van der Waals surface area contributed by atoms with Crippen molar-refractivity contribution >= 4 is 0 Å². The number of rotatable bonds is 4. The van der Waals surface area contributed by atoms with Crippen LogP contribution in [0.4, 0.5) is 0 Å². The lowest BCUT2D eigenvalue weighted by molar-refractivity contribution is 0.306. The lowest BCUT2D eigenvalue weighted by atomic mass is 10.2. The maximum absolute atomic E-state index is 6.11. The van der Waals surface area contributed by atoms with Crippen LogP contribution in [-0.4, -0.2) is 39.8 Å². The zero-order chi connectivity index (χ0) is 13.2. The van der Waals surface area contributed by atoms with E-state index in [1.165, 1.54) is 12.8 Å². The van der Waals surface area contributed by atoms with Crippen molar-refractivity contribution < 1.29 is 9.05 Å². The molecule has 1 saturated heterocycles. The van der Waals surface area contributed by atoms with E-state index in [1.807, 2.05) is 0 Å². The first-order valence-corrected chi connectivity index (χ1v) is 6.47. The van der Waals surface area contributed by atoms with Crippen LogP contribution in [0, 0.1) is 6.92 Å². The number of aryl methyl sites for hydroxylation is 1. The third-order valence-electron chi connectivity index (χ3n) is 3.41. The first-order valence-electron chi connectivity index (χ1n) is 6.47. The molecule has 1 unspecified atom stereocenters. The lowest BCUT2D eigenvalue weighted by Gasteiger charge is -2.17. The molecule has 19 heavy (non-hydrogen) atoms. The van der Waals surface area contributed by atoms with Crippen molar-refractivity contribution in [1.82, 2.24) is 20.2 Å². The Labute approximate surface area is 110 Å². The van der Waals surface area contributed by atoms with Crippen molar-refractivity contribution in [2.45, 2.75) is 25.8 Å². The predicted octanol–water partition coefficient (Wildman–Crippen LogP) is 1.13. The molecule has 0 spiro atoms. The summed E-state index contributed by atoms with van der Waals surface area (Å²) in [5.74, 6) is 1.59. The highest BCUT2D eigenvalue weighted by molar-refractivity contribution is 5.53. The number of likely N-dealkylation sites (tertiary alicyclic amines) is 1. The van der Waals surface area contributed by atoms with Gasteiger partial charge in [0.2, 0.25) is 0 Å². The summed E-state index contributed by atoms with van der Waals surface area (Å²) in [6, 6.07) is -0.226. The molecule has 7 nitrogen and oxygen atoms in total. The fourth-order valence-electron chi connectivity index (χ4n) is 2.32. The van der Waals surface area contributed by atoms with E-state index in [2.05, 4.69) is 20.2 Å². The first-order chi connectivity index (χ1) is 9.24. The molecule has 1 aliphatic heterocycles. The van der Waals surface area contributed by atoms with Crippen molar-refractivity contribution in [1.29, 1.82) is 0 Å². The molecule has 0 aromatic carbocycles. The molecule has 3 heterocycles. The highest BCUT2D eigenvalue weighted by atomic mass is 16.5. The Kier molecular flexibility index (Phi) is 3.31. The van der Waals surface area contributed by atoms with E-state index in [0.29, 0.717) is 23.0 Å². The molecule has 0 saturated carbocycles. The Morgan fingerprint density at radius 1 is 1.37 bits per heavy atom. The molecule has 7 heteroatoms. The van der Waals surface area contributed by atoms with E-state index in [9.17, 15) is 0 Å². The molecular weight excluding hydrogens is 246 g/mol. The number of nitrogens with zero attached hydrogens (tertiary/aromatic N) is 4. The van der Waals surface area contributed by atoms with Crippen LogP contribution in [0.2, 0.25) is 0 Å². The molecule has 2 aromatic heterocycles. The molecule has 1 aliphatic rings. The van der Waals surface area contributed by atoms with E-state index in [1.54, 1.807) is 13.1 Å². The molecule has 3 rings (SSSR count). The smallest absolute Gasteiger partial charge is 0.263 e. The zero-order valence-corrected chi connectivity index (χ0v) is 10.9. The van der Waals surface area contributed by atoms with Gasteiger partial charge in [-0.05, 0) is 32.9 Å².